The van der Waals surface area contributed by atoms with E-state index in [0.717, 1.165) is 28.6 Å². The van der Waals surface area contributed by atoms with Crippen molar-refractivity contribution in [2.75, 3.05) is 6.54 Å². The van der Waals surface area contributed by atoms with Crippen LogP contribution in [0.25, 0.3) is 0 Å². The van der Waals surface area contributed by atoms with E-state index in [2.05, 4.69) is 36.7 Å². The van der Waals surface area contributed by atoms with E-state index in [1.165, 1.54) is 5.06 Å². The lowest BCUT2D eigenvalue weighted by atomic mass is 9.88. The minimum absolute atomic E-state index is 0.0362. The summed E-state index contributed by atoms with van der Waals surface area (Å²) in [5.74, 6) is 0. The lowest BCUT2D eigenvalue weighted by molar-refractivity contribution is -0.266. The quantitative estimate of drug-likeness (QED) is 0.619. The van der Waals surface area contributed by atoms with Gasteiger partial charge in [0.25, 0.3) is 0 Å². The van der Waals surface area contributed by atoms with Crippen molar-refractivity contribution < 1.29 is 5.21 Å². The lowest BCUT2D eigenvalue weighted by Crippen LogP contribution is -2.41. The van der Waals surface area contributed by atoms with Gasteiger partial charge in [0, 0.05) is 28.6 Å². The summed E-state index contributed by atoms with van der Waals surface area (Å²) in [5, 5.41) is 17.2. The molecular weight excluding hydrogens is 322 g/mol. The number of nitroso groups, excluding NO2 is 1. The number of rotatable bonds is 5. The highest BCUT2D eigenvalue weighted by Crippen LogP contribution is 2.49. The average molecular weight is 351 g/mol. The van der Waals surface area contributed by atoms with Gasteiger partial charge in [-0.2, -0.15) is 0 Å². The number of benzene rings is 1. The SMILES string of the molecule is CC(C)(C)NCC(SN=O)c1ccc2c(c1)C(C)(C)N([O])C2(C)C. The Morgan fingerprint density at radius 1 is 1.17 bits per heavy atom. The fourth-order valence-corrected chi connectivity index (χ4v) is 3.92. The van der Waals surface area contributed by atoms with Gasteiger partial charge in [0.05, 0.1) is 16.3 Å². The van der Waals surface area contributed by atoms with Gasteiger partial charge in [-0.3, -0.25) is 0 Å². The predicted molar refractivity (Wildman–Crippen MR) is 98.9 cm³/mol. The molecule has 1 radical (unpaired) electrons. The van der Waals surface area contributed by atoms with Crippen molar-refractivity contribution in [3.8, 4) is 0 Å². The topological polar surface area (TPSA) is 64.6 Å². The van der Waals surface area contributed by atoms with Gasteiger partial charge in [0.15, 0.2) is 0 Å². The van der Waals surface area contributed by atoms with Crippen molar-refractivity contribution >= 4 is 11.9 Å². The maximum absolute atomic E-state index is 12.7. The van der Waals surface area contributed by atoms with Gasteiger partial charge in [-0.1, -0.05) is 18.2 Å². The van der Waals surface area contributed by atoms with Gasteiger partial charge in [-0.05, 0) is 65.2 Å². The van der Waals surface area contributed by atoms with Crippen molar-refractivity contribution in [2.45, 2.75) is 70.3 Å². The van der Waals surface area contributed by atoms with E-state index < -0.39 is 11.1 Å². The molecule has 0 aliphatic carbocycles. The van der Waals surface area contributed by atoms with E-state index >= 15 is 0 Å². The Kier molecular flexibility index (Phi) is 5.17. The Balaban J connectivity index is 2.39. The van der Waals surface area contributed by atoms with Gasteiger partial charge in [-0.25, -0.2) is 0 Å². The number of nitrogens with zero attached hydrogens (tertiary/aromatic N) is 2. The van der Waals surface area contributed by atoms with Gasteiger partial charge >= 0.3 is 0 Å². The molecule has 1 heterocycles. The van der Waals surface area contributed by atoms with Crippen LogP contribution in [0.15, 0.2) is 22.8 Å². The van der Waals surface area contributed by atoms with Gasteiger partial charge in [0.2, 0.25) is 0 Å². The first-order valence-electron chi connectivity index (χ1n) is 8.27. The van der Waals surface area contributed by atoms with Crippen molar-refractivity contribution in [3.63, 3.8) is 0 Å². The Bertz CT molecular complexity index is 623. The van der Waals surface area contributed by atoms with Crippen LogP contribution < -0.4 is 5.32 Å². The van der Waals surface area contributed by atoms with Crippen LogP contribution in [0.2, 0.25) is 0 Å². The molecule has 0 saturated heterocycles. The highest BCUT2D eigenvalue weighted by molar-refractivity contribution is 7.98. The summed E-state index contributed by atoms with van der Waals surface area (Å²) in [6, 6.07) is 6.12. The second-order valence-corrected chi connectivity index (χ2v) is 9.45. The Labute approximate surface area is 149 Å². The van der Waals surface area contributed by atoms with Crippen molar-refractivity contribution in [3.05, 3.63) is 39.8 Å². The molecule has 1 aromatic rings. The van der Waals surface area contributed by atoms with E-state index in [4.69, 9.17) is 0 Å². The summed E-state index contributed by atoms with van der Waals surface area (Å²) in [6.45, 7) is 14.7. The molecule has 0 spiro atoms. The number of nitrogens with one attached hydrogen (secondary N) is 1. The molecule has 0 fully saturated rings. The molecule has 1 aliphatic rings. The van der Waals surface area contributed by atoms with Crippen LogP contribution >= 0.6 is 11.9 Å². The maximum atomic E-state index is 12.7. The molecule has 0 aromatic heterocycles. The van der Waals surface area contributed by atoms with Gasteiger partial charge in [0.1, 0.15) is 0 Å². The zero-order valence-corrected chi connectivity index (χ0v) is 16.5. The van der Waals surface area contributed by atoms with Crippen molar-refractivity contribution in [1.82, 2.24) is 10.4 Å². The van der Waals surface area contributed by atoms with Crippen molar-refractivity contribution in [1.29, 1.82) is 0 Å². The van der Waals surface area contributed by atoms with Crippen LogP contribution in [0.5, 0.6) is 0 Å². The van der Waals surface area contributed by atoms with Crippen LogP contribution in [-0.4, -0.2) is 17.1 Å². The Morgan fingerprint density at radius 3 is 2.29 bits per heavy atom. The van der Waals surface area contributed by atoms with Crippen LogP contribution in [-0.2, 0) is 16.3 Å². The largest absolute Gasteiger partial charge is 0.311 e. The molecule has 1 unspecified atom stereocenters. The third-order valence-corrected chi connectivity index (χ3v) is 5.52. The molecule has 6 heteroatoms. The first-order valence-corrected chi connectivity index (χ1v) is 9.11. The normalized spacial score (nSPS) is 20.7. The third kappa shape index (κ3) is 3.52. The van der Waals surface area contributed by atoms with E-state index in [-0.39, 0.29) is 10.8 Å². The van der Waals surface area contributed by atoms with E-state index in [1.807, 2.05) is 39.8 Å². The zero-order chi connectivity index (χ0) is 18.3. The highest BCUT2D eigenvalue weighted by Gasteiger charge is 2.50. The van der Waals surface area contributed by atoms with Crippen molar-refractivity contribution in [2.24, 2.45) is 4.58 Å². The summed E-state index contributed by atoms with van der Waals surface area (Å²) in [7, 11) is 0. The van der Waals surface area contributed by atoms with E-state index in [1.54, 1.807) is 0 Å². The number of fused-ring (bicyclic) bond motifs is 1. The average Bonchev–Trinajstić information content (AvgIpc) is 2.61. The molecule has 1 atom stereocenters. The summed E-state index contributed by atoms with van der Waals surface area (Å²) in [5.41, 5.74) is 1.94. The second-order valence-electron chi connectivity index (χ2n) is 8.52. The molecule has 0 saturated carbocycles. The Hall–Kier alpha value is -0.950. The number of hydroxylamine groups is 2. The van der Waals surface area contributed by atoms with Gasteiger partial charge in [-0.15, -0.1) is 15.2 Å². The first kappa shape index (κ1) is 19.4. The lowest BCUT2D eigenvalue weighted by Gasteiger charge is -2.32. The molecule has 133 valence electrons. The highest BCUT2D eigenvalue weighted by atomic mass is 32.2. The monoisotopic (exact) mass is 350 g/mol. The molecule has 1 aromatic carbocycles. The molecule has 0 amide bonds. The maximum Gasteiger partial charge on any atom is 0.0699 e. The van der Waals surface area contributed by atoms with E-state index in [9.17, 15) is 10.1 Å². The summed E-state index contributed by atoms with van der Waals surface area (Å²) in [4.78, 5) is 10.9. The Morgan fingerprint density at radius 2 is 1.75 bits per heavy atom. The fraction of sp³-hybridized carbons (Fsp3) is 0.667. The molecule has 0 bridgehead atoms. The molecular formula is C18H28N3O2S. The summed E-state index contributed by atoms with van der Waals surface area (Å²) in [6.07, 6.45) is 0. The van der Waals surface area contributed by atoms with Crippen LogP contribution in [0.3, 0.4) is 0 Å². The van der Waals surface area contributed by atoms with Crippen LogP contribution in [0, 0.1) is 4.91 Å². The molecule has 5 nitrogen and oxygen atoms in total. The third-order valence-electron chi connectivity index (χ3n) is 4.74. The molecule has 2 rings (SSSR count). The summed E-state index contributed by atoms with van der Waals surface area (Å²) >= 11 is 1.03. The predicted octanol–water partition coefficient (Wildman–Crippen LogP) is 4.66. The fourth-order valence-electron chi connectivity index (χ4n) is 3.39. The first-order chi connectivity index (χ1) is 10.9. The minimum Gasteiger partial charge on any atom is -0.311 e. The number of hydrogen-bond donors (Lipinski definition) is 1. The molecule has 24 heavy (non-hydrogen) atoms. The van der Waals surface area contributed by atoms with E-state index in [0.29, 0.717) is 6.54 Å². The van der Waals surface area contributed by atoms with Crippen LogP contribution in [0.4, 0.5) is 0 Å². The summed E-state index contributed by atoms with van der Waals surface area (Å²) < 4.78 is 3.04. The molecule has 1 aliphatic heterocycles. The second kappa shape index (κ2) is 6.41. The number of hydrogen-bond acceptors (Lipinski definition) is 5. The molecule has 1 N–H and O–H groups in total. The van der Waals surface area contributed by atoms with Gasteiger partial charge < -0.3 is 5.32 Å². The van der Waals surface area contributed by atoms with Crippen LogP contribution in [0.1, 0.15) is 70.4 Å². The smallest absolute Gasteiger partial charge is 0.0699 e. The zero-order valence-electron chi connectivity index (χ0n) is 15.6. The minimum atomic E-state index is -0.587. The standard InChI is InChI=1S/C18H28N3O2S/c1-16(2,3)19-11-15(24-20-22)12-8-9-13-14(10-12)18(6,7)21(23)17(13,4)5/h8-10,15,19H,11H2,1-7H3.